The highest BCUT2D eigenvalue weighted by Gasteiger charge is 2.20. The summed E-state index contributed by atoms with van der Waals surface area (Å²) in [5.41, 5.74) is 2.25. The molecule has 1 aliphatic carbocycles. The van der Waals surface area contributed by atoms with E-state index in [-0.39, 0.29) is 10.8 Å². The summed E-state index contributed by atoms with van der Waals surface area (Å²) in [4.78, 5) is 0. The lowest BCUT2D eigenvalue weighted by Crippen LogP contribution is -2.17. The summed E-state index contributed by atoms with van der Waals surface area (Å²) in [7, 11) is 0. The highest BCUT2D eigenvalue weighted by molar-refractivity contribution is 6.30. The Hall–Kier alpha value is -1.58. The van der Waals surface area contributed by atoms with Gasteiger partial charge in [0.25, 0.3) is 0 Å². The van der Waals surface area contributed by atoms with Crippen LogP contribution >= 0.6 is 11.6 Å². The van der Waals surface area contributed by atoms with Crippen LogP contribution in [0.15, 0.2) is 42.5 Å². The zero-order valence-corrected chi connectivity index (χ0v) is 12.4. The molecular weight excluding hydrogens is 289 g/mol. The number of halogens is 2. The van der Waals surface area contributed by atoms with Crippen molar-refractivity contribution in [3.63, 3.8) is 0 Å². The molecule has 0 heterocycles. The summed E-state index contributed by atoms with van der Waals surface area (Å²) < 4.78 is 19.4. The molecule has 3 rings (SSSR count). The fraction of sp³-hybridized carbons (Fsp3) is 0.294. The molecule has 0 unspecified atom stereocenters. The molecule has 0 spiro atoms. The van der Waals surface area contributed by atoms with E-state index in [1.54, 1.807) is 12.1 Å². The minimum atomic E-state index is -0.507. The molecule has 1 N–H and O–H groups in total. The van der Waals surface area contributed by atoms with Crippen molar-refractivity contribution >= 4 is 11.6 Å². The Morgan fingerprint density at radius 3 is 2.62 bits per heavy atom. The molecule has 0 aliphatic heterocycles. The van der Waals surface area contributed by atoms with Crippen molar-refractivity contribution in [3.05, 3.63) is 64.4 Å². The van der Waals surface area contributed by atoms with Crippen LogP contribution in [0.2, 0.25) is 5.02 Å². The quantitative estimate of drug-likeness (QED) is 0.858. The normalized spacial score (nSPS) is 14.2. The van der Waals surface area contributed by atoms with Crippen LogP contribution in [0.3, 0.4) is 0 Å². The minimum Gasteiger partial charge on any atom is -0.486 e. The van der Waals surface area contributed by atoms with Crippen molar-refractivity contribution < 1.29 is 9.13 Å². The van der Waals surface area contributed by atoms with Gasteiger partial charge in [-0.25, -0.2) is 4.39 Å². The zero-order valence-electron chi connectivity index (χ0n) is 11.6. The van der Waals surface area contributed by atoms with Crippen molar-refractivity contribution in [2.45, 2.75) is 32.0 Å². The number of hydrogen-bond donors (Lipinski definition) is 1. The molecule has 0 saturated heterocycles. The van der Waals surface area contributed by atoms with Gasteiger partial charge in [0.1, 0.15) is 6.61 Å². The molecule has 2 aromatic rings. The van der Waals surface area contributed by atoms with Gasteiger partial charge in [-0.15, -0.1) is 0 Å². The number of benzene rings is 2. The van der Waals surface area contributed by atoms with Crippen LogP contribution in [0.1, 0.15) is 24.0 Å². The lowest BCUT2D eigenvalue weighted by molar-refractivity contribution is 0.289. The Bertz CT molecular complexity index is 628. The Kier molecular flexibility index (Phi) is 4.42. The van der Waals surface area contributed by atoms with Crippen molar-refractivity contribution in [1.82, 2.24) is 5.32 Å². The second-order valence-electron chi connectivity index (χ2n) is 5.26. The molecule has 2 aromatic carbocycles. The molecule has 110 valence electrons. The van der Waals surface area contributed by atoms with Crippen LogP contribution in [-0.2, 0) is 13.2 Å². The van der Waals surface area contributed by atoms with Crippen molar-refractivity contribution in [1.29, 1.82) is 0 Å². The van der Waals surface area contributed by atoms with E-state index in [0.29, 0.717) is 12.6 Å². The van der Waals surface area contributed by atoms with E-state index < -0.39 is 5.82 Å². The molecule has 21 heavy (non-hydrogen) atoms. The predicted octanol–water partition coefficient (Wildman–Crippen LogP) is 4.31. The molecule has 4 heteroatoms. The Morgan fingerprint density at radius 1 is 1.10 bits per heavy atom. The van der Waals surface area contributed by atoms with E-state index in [2.05, 4.69) is 11.4 Å². The van der Waals surface area contributed by atoms with Crippen LogP contribution in [-0.4, -0.2) is 6.04 Å². The lowest BCUT2D eigenvalue weighted by Gasteiger charge is -2.12. The first-order valence-corrected chi connectivity index (χ1v) is 7.49. The fourth-order valence-corrected chi connectivity index (χ4v) is 2.33. The molecular formula is C17H17ClFNO. The summed E-state index contributed by atoms with van der Waals surface area (Å²) in [6, 6.07) is 13.5. The zero-order chi connectivity index (χ0) is 14.7. The molecule has 0 atom stereocenters. The highest BCUT2D eigenvalue weighted by atomic mass is 35.5. The van der Waals surface area contributed by atoms with E-state index in [1.807, 2.05) is 18.2 Å². The third-order valence-corrected chi connectivity index (χ3v) is 3.87. The van der Waals surface area contributed by atoms with Crippen LogP contribution in [0.4, 0.5) is 4.39 Å². The van der Waals surface area contributed by atoms with Gasteiger partial charge in [-0.05, 0) is 36.1 Å². The summed E-state index contributed by atoms with van der Waals surface area (Å²) in [6.45, 7) is 1.15. The molecule has 0 radical (unpaired) electrons. The van der Waals surface area contributed by atoms with E-state index in [9.17, 15) is 4.39 Å². The summed E-state index contributed by atoms with van der Waals surface area (Å²) in [5.74, 6) is -0.319. The van der Waals surface area contributed by atoms with Crippen LogP contribution < -0.4 is 10.1 Å². The second kappa shape index (κ2) is 6.46. The standard InChI is InChI=1S/C17H17ClFNO/c18-15-6-3-7-16(17(15)19)21-11-13-5-2-1-4-12(13)10-20-14-8-9-14/h1-7,14,20H,8-11H2. The van der Waals surface area contributed by atoms with Crippen LogP contribution in [0.5, 0.6) is 5.75 Å². The maximum absolute atomic E-state index is 13.8. The van der Waals surface area contributed by atoms with Gasteiger partial charge in [0.15, 0.2) is 11.6 Å². The first kappa shape index (κ1) is 14.4. The van der Waals surface area contributed by atoms with Crippen LogP contribution in [0, 0.1) is 5.82 Å². The van der Waals surface area contributed by atoms with E-state index >= 15 is 0 Å². The Labute approximate surface area is 128 Å². The fourth-order valence-electron chi connectivity index (χ4n) is 2.16. The average molecular weight is 306 g/mol. The van der Waals surface area contributed by atoms with Gasteiger partial charge in [0, 0.05) is 12.6 Å². The number of ether oxygens (including phenoxy) is 1. The number of hydrogen-bond acceptors (Lipinski definition) is 2. The Balaban J connectivity index is 1.67. The average Bonchev–Trinajstić information content (AvgIpc) is 3.32. The molecule has 0 bridgehead atoms. The first-order chi connectivity index (χ1) is 10.2. The second-order valence-corrected chi connectivity index (χ2v) is 5.67. The SMILES string of the molecule is Fc1c(Cl)cccc1OCc1ccccc1CNC1CC1. The first-order valence-electron chi connectivity index (χ1n) is 7.11. The number of rotatable bonds is 6. The molecule has 1 aliphatic rings. The maximum Gasteiger partial charge on any atom is 0.183 e. The third-order valence-electron chi connectivity index (χ3n) is 3.58. The van der Waals surface area contributed by atoms with Gasteiger partial charge in [-0.2, -0.15) is 0 Å². The molecule has 0 aromatic heterocycles. The van der Waals surface area contributed by atoms with Crippen molar-refractivity contribution in [2.24, 2.45) is 0 Å². The van der Waals surface area contributed by atoms with E-state index in [4.69, 9.17) is 16.3 Å². The third kappa shape index (κ3) is 3.74. The number of nitrogens with one attached hydrogen (secondary N) is 1. The topological polar surface area (TPSA) is 21.3 Å². The van der Waals surface area contributed by atoms with E-state index in [0.717, 1.165) is 12.1 Å². The minimum absolute atomic E-state index is 0.0798. The highest BCUT2D eigenvalue weighted by Crippen LogP contribution is 2.25. The smallest absolute Gasteiger partial charge is 0.183 e. The molecule has 0 amide bonds. The predicted molar refractivity (Wildman–Crippen MR) is 82.0 cm³/mol. The van der Waals surface area contributed by atoms with Gasteiger partial charge in [-0.1, -0.05) is 41.9 Å². The van der Waals surface area contributed by atoms with E-state index in [1.165, 1.54) is 24.5 Å². The van der Waals surface area contributed by atoms with Crippen molar-refractivity contribution in [2.75, 3.05) is 0 Å². The molecule has 1 saturated carbocycles. The lowest BCUT2D eigenvalue weighted by atomic mass is 10.1. The van der Waals surface area contributed by atoms with Gasteiger partial charge in [-0.3, -0.25) is 0 Å². The molecule has 1 fully saturated rings. The largest absolute Gasteiger partial charge is 0.486 e. The van der Waals surface area contributed by atoms with Gasteiger partial charge in [0.2, 0.25) is 0 Å². The monoisotopic (exact) mass is 305 g/mol. The van der Waals surface area contributed by atoms with Gasteiger partial charge < -0.3 is 10.1 Å². The van der Waals surface area contributed by atoms with Gasteiger partial charge >= 0.3 is 0 Å². The molecule has 2 nitrogen and oxygen atoms in total. The summed E-state index contributed by atoms with van der Waals surface area (Å²) in [6.07, 6.45) is 2.51. The van der Waals surface area contributed by atoms with Gasteiger partial charge in [0.05, 0.1) is 5.02 Å². The Morgan fingerprint density at radius 2 is 1.86 bits per heavy atom. The summed E-state index contributed by atoms with van der Waals surface area (Å²) >= 11 is 5.75. The van der Waals surface area contributed by atoms with Crippen molar-refractivity contribution in [3.8, 4) is 5.75 Å². The maximum atomic E-state index is 13.8. The summed E-state index contributed by atoms with van der Waals surface area (Å²) in [5, 5.41) is 3.56. The van der Waals surface area contributed by atoms with Crippen LogP contribution in [0.25, 0.3) is 0 Å².